The summed E-state index contributed by atoms with van der Waals surface area (Å²) < 4.78 is 50.8. The summed E-state index contributed by atoms with van der Waals surface area (Å²) in [6, 6.07) is 4.74. The SMILES string of the molecule is CCCOC(=O)NS(=O)(=O)c1sc(CC(C)C)c(C)c1-c1ccc([C@H]2CCc3nccn32)c(F)c1. The Morgan fingerprint density at radius 3 is 2.83 bits per heavy atom. The highest BCUT2D eigenvalue weighted by Gasteiger charge is 2.30. The zero-order valence-corrected chi connectivity index (χ0v) is 21.9. The highest BCUT2D eigenvalue weighted by molar-refractivity contribution is 7.92. The number of hydrogen-bond donors (Lipinski definition) is 1. The van der Waals surface area contributed by atoms with Gasteiger partial charge in [0.25, 0.3) is 10.0 Å². The standard InChI is InChI=1S/C25H30FN3O4S2/c1-5-12-33-25(30)28-35(31,32)24-23(16(4)21(34-24)13-15(2)3)17-6-7-18(19(26)14-17)20-8-9-22-27-10-11-29(20)22/h6-7,10-11,14-15,20H,5,8-9,12-13H2,1-4H3,(H,28,30)/t20-/m1/s1. The molecule has 188 valence electrons. The van der Waals surface area contributed by atoms with Crippen LogP contribution in [0.1, 0.15) is 61.5 Å². The topological polar surface area (TPSA) is 90.3 Å². The molecule has 35 heavy (non-hydrogen) atoms. The predicted octanol–water partition coefficient (Wildman–Crippen LogP) is 5.62. The molecule has 1 aromatic carbocycles. The van der Waals surface area contributed by atoms with Crippen molar-refractivity contribution < 1.29 is 22.3 Å². The fraction of sp³-hybridized carbons (Fsp3) is 0.440. The molecule has 0 aliphatic carbocycles. The Hall–Kier alpha value is -2.72. The molecule has 1 aliphatic rings. The van der Waals surface area contributed by atoms with Crippen LogP contribution in [0.3, 0.4) is 0 Å². The zero-order valence-electron chi connectivity index (χ0n) is 20.3. The number of aryl methyl sites for hydroxylation is 1. The molecule has 3 aromatic rings. The molecule has 1 aliphatic heterocycles. The number of aromatic nitrogens is 2. The number of carbonyl (C=O) groups is 1. The van der Waals surface area contributed by atoms with Gasteiger partial charge in [-0.2, -0.15) is 0 Å². The van der Waals surface area contributed by atoms with Gasteiger partial charge in [-0.15, -0.1) is 11.3 Å². The maximum Gasteiger partial charge on any atom is 0.421 e. The molecule has 7 nitrogen and oxygen atoms in total. The largest absolute Gasteiger partial charge is 0.449 e. The third kappa shape index (κ3) is 5.13. The highest BCUT2D eigenvalue weighted by atomic mass is 32.2. The fourth-order valence-electron chi connectivity index (χ4n) is 4.49. The van der Waals surface area contributed by atoms with Crippen LogP contribution >= 0.6 is 11.3 Å². The van der Waals surface area contributed by atoms with Crippen molar-refractivity contribution in [3.63, 3.8) is 0 Å². The number of fused-ring (bicyclic) bond motifs is 1. The summed E-state index contributed by atoms with van der Waals surface area (Å²) in [5.41, 5.74) is 2.20. The average molecular weight is 520 g/mol. The van der Waals surface area contributed by atoms with E-state index in [-0.39, 0.29) is 16.9 Å². The van der Waals surface area contributed by atoms with Crippen LogP contribution in [0.4, 0.5) is 9.18 Å². The van der Waals surface area contributed by atoms with Crippen molar-refractivity contribution in [2.75, 3.05) is 6.61 Å². The van der Waals surface area contributed by atoms with E-state index in [1.807, 2.05) is 43.2 Å². The van der Waals surface area contributed by atoms with Crippen molar-refractivity contribution in [3.05, 3.63) is 58.2 Å². The Bertz CT molecular complexity index is 1340. The molecule has 10 heteroatoms. The minimum absolute atomic E-state index is 0.0102. The number of carbonyl (C=O) groups excluding carboxylic acids is 1. The summed E-state index contributed by atoms with van der Waals surface area (Å²) in [5.74, 6) is 0.827. The van der Waals surface area contributed by atoms with Gasteiger partial charge in [0.2, 0.25) is 0 Å². The normalized spacial score (nSPS) is 15.4. The van der Waals surface area contributed by atoms with E-state index in [1.54, 1.807) is 18.3 Å². The van der Waals surface area contributed by atoms with Crippen LogP contribution in [-0.2, 0) is 27.6 Å². The molecular formula is C25H30FN3O4S2. The van der Waals surface area contributed by atoms with Crippen molar-refractivity contribution in [2.24, 2.45) is 5.92 Å². The van der Waals surface area contributed by atoms with Crippen LogP contribution in [0, 0.1) is 18.7 Å². The second-order valence-electron chi connectivity index (χ2n) is 9.19. The number of imidazole rings is 1. The first kappa shape index (κ1) is 25.4. The molecule has 4 rings (SSSR count). The highest BCUT2D eigenvalue weighted by Crippen LogP contribution is 2.42. The number of nitrogens with one attached hydrogen (secondary N) is 1. The molecular weight excluding hydrogens is 489 g/mol. The van der Waals surface area contributed by atoms with E-state index in [2.05, 4.69) is 4.98 Å². The molecule has 1 N–H and O–H groups in total. The van der Waals surface area contributed by atoms with Gasteiger partial charge in [0.05, 0.1) is 12.6 Å². The lowest BCUT2D eigenvalue weighted by atomic mass is 9.97. The number of rotatable bonds is 8. The predicted molar refractivity (Wildman–Crippen MR) is 134 cm³/mol. The van der Waals surface area contributed by atoms with Gasteiger partial charge in [-0.05, 0) is 49.3 Å². The van der Waals surface area contributed by atoms with Gasteiger partial charge in [-0.1, -0.05) is 32.9 Å². The van der Waals surface area contributed by atoms with Gasteiger partial charge < -0.3 is 9.30 Å². The van der Waals surface area contributed by atoms with E-state index in [0.717, 1.165) is 40.4 Å². The van der Waals surface area contributed by atoms with E-state index in [0.29, 0.717) is 35.4 Å². The maximum absolute atomic E-state index is 15.4. The number of sulfonamides is 1. The van der Waals surface area contributed by atoms with Crippen LogP contribution in [0.5, 0.6) is 0 Å². The molecule has 0 fully saturated rings. The lowest BCUT2D eigenvalue weighted by molar-refractivity contribution is 0.152. The van der Waals surface area contributed by atoms with Crippen LogP contribution in [0.15, 0.2) is 34.8 Å². The number of benzene rings is 1. The minimum Gasteiger partial charge on any atom is -0.449 e. The smallest absolute Gasteiger partial charge is 0.421 e. The molecule has 0 bridgehead atoms. The average Bonchev–Trinajstić information content (AvgIpc) is 3.48. The summed E-state index contributed by atoms with van der Waals surface area (Å²) in [4.78, 5) is 17.3. The summed E-state index contributed by atoms with van der Waals surface area (Å²) in [6.07, 6.45) is 5.34. The zero-order chi connectivity index (χ0) is 25.3. The Morgan fingerprint density at radius 1 is 1.37 bits per heavy atom. The molecule has 0 radical (unpaired) electrons. The van der Waals surface area contributed by atoms with Crippen LogP contribution in [0.2, 0.25) is 0 Å². The van der Waals surface area contributed by atoms with Gasteiger partial charge in [0.1, 0.15) is 15.9 Å². The summed E-state index contributed by atoms with van der Waals surface area (Å²) >= 11 is 1.12. The quantitative estimate of drug-likeness (QED) is 0.417. The first-order valence-corrected chi connectivity index (χ1v) is 14.1. The van der Waals surface area contributed by atoms with E-state index < -0.39 is 21.9 Å². The molecule has 3 heterocycles. The van der Waals surface area contributed by atoms with Gasteiger partial charge >= 0.3 is 6.09 Å². The van der Waals surface area contributed by atoms with Crippen molar-refractivity contribution in [2.45, 2.75) is 63.6 Å². The van der Waals surface area contributed by atoms with Crippen LogP contribution < -0.4 is 4.72 Å². The summed E-state index contributed by atoms with van der Waals surface area (Å²) in [5, 5.41) is 0. The molecule has 0 unspecified atom stereocenters. The number of thiophene rings is 1. The maximum atomic E-state index is 15.4. The molecule has 1 amide bonds. The Labute approximate surface area is 209 Å². The van der Waals surface area contributed by atoms with Crippen LogP contribution in [-0.4, -0.2) is 30.7 Å². The van der Waals surface area contributed by atoms with E-state index >= 15 is 4.39 Å². The first-order chi connectivity index (χ1) is 16.6. The van der Waals surface area contributed by atoms with Gasteiger partial charge in [-0.3, -0.25) is 0 Å². The van der Waals surface area contributed by atoms with Gasteiger partial charge in [0.15, 0.2) is 0 Å². The lowest BCUT2D eigenvalue weighted by Gasteiger charge is -2.16. The second kappa shape index (κ2) is 10.1. The monoisotopic (exact) mass is 519 g/mol. The number of hydrogen-bond acceptors (Lipinski definition) is 6. The van der Waals surface area contributed by atoms with Crippen molar-refractivity contribution in [3.8, 4) is 11.1 Å². The Kier molecular flexibility index (Phi) is 7.32. The van der Waals surface area contributed by atoms with Crippen molar-refractivity contribution >= 4 is 27.5 Å². The van der Waals surface area contributed by atoms with E-state index in [4.69, 9.17) is 4.74 Å². The fourth-order valence-corrected chi connectivity index (χ4v) is 7.53. The Balaban J connectivity index is 1.75. The summed E-state index contributed by atoms with van der Waals surface area (Å²) in [7, 11) is -4.22. The second-order valence-corrected chi connectivity index (χ2v) is 12.2. The molecule has 0 saturated heterocycles. The number of nitrogens with zero attached hydrogens (tertiary/aromatic N) is 2. The number of ether oxygens (including phenoxy) is 1. The van der Waals surface area contributed by atoms with E-state index in [1.165, 1.54) is 6.07 Å². The third-order valence-electron chi connectivity index (χ3n) is 6.08. The molecule has 2 aromatic heterocycles. The van der Waals surface area contributed by atoms with Crippen molar-refractivity contribution in [1.29, 1.82) is 0 Å². The molecule has 1 atom stereocenters. The summed E-state index contributed by atoms with van der Waals surface area (Å²) in [6.45, 7) is 7.88. The van der Waals surface area contributed by atoms with Crippen LogP contribution in [0.25, 0.3) is 11.1 Å². The van der Waals surface area contributed by atoms with E-state index in [9.17, 15) is 13.2 Å². The first-order valence-electron chi connectivity index (χ1n) is 11.8. The third-order valence-corrected chi connectivity index (χ3v) is 9.22. The van der Waals surface area contributed by atoms with Gasteiger partial charge in [-0.25, -0.2) is 27.3 Å². The molecule has 0 spiro atoms. The Morgan fingerprint density at radius 2 is 2.14 bits per heavy atom. The number of halogens is 1. The molecule has 0 saturated carbocycles. The van der Waals surface area contributed by atoms with Crippen molar-refractivity contribution in [1.82, 2.24) is 14.3 Å². The minimum atomic E-state index is -4.22. The number of amides is 1. The van der Waals surface area contributed by atoms with Gasteiger partial charge in [0, 0.05) is 34.8 Å². The lowest BCUT2D eigenvalue weighted by Crippen LogP contribution is -2.31.